The highest BCUT2D eigenvalue weighted by atomic mass is 32.2. The van der Waals surface area contributed by atoms with Gasteiger partial charge in [-0.3, -0.25) is 4.79 Å². The molecule has 23 heavy (non-hydrogen) atoms. The monoisotopic (exact) mass is 340 g/mol. The molecule has 0 spiro atoms. The third-order valence-corrected chi connectivity index (χ3v) is 4.21. The third-order valence-electron chi connectivity index (χ3n) is 3.10. The minimum atomic E-state index is -3.36. The van der Waals surface area contributed by atoms with Crippen molar-refractivity contribution in [3.8, 4) is 16.9 Å². The fraction of sp³-hybridized carbons (Fsp3) is 0.188. The van der Waals surface area contributed by atoms with Gasteiger partial charge in [-0.25, -0.2) is 17.2 Å². The summed E-state index contributed by atoms with van der Waals surface area (Å²) in [5.74, 6) is 0.0301. The Morgan fingerprint density at radius 2 is 1.83 bits per heavy atom. The van der Waals surface area contributed by atoms with Gasteiger partial charge < -0.3 is 4.74 Å². The van der Waals surface area contributed by atoms with Gasteiger partial charge in [0.25, 0.3) is 6.43 Å². The van der Waals surface area contributed by atoms with Crippen LogP contribution in [-0.2, 0) is 9.84 Å². The van der Waals surface area contributed by atoms with Gasteiger partial charge in [0, 0.05) is 6.26 Å². The molecule has 2 aromatic carbocycles. The molecule has 0 aliphatic carbocycles. The quantitative estimate of drug-likeness (QED) is 0.758. The smallest absolute Gasteiger partial charge is 0.272 e. The maximum Gasteiger partial charge on any atom is 0.272 e. The lowest BCUT2D eigenvalue weighted by Crippen LogP contribution is -2.08. The highest BCUT2D eigenvalue weighted by Crippen LogP contribution is 2.28. The molecule has 2 rings (SSSR count). The first-order valence-electron chi connectivity index (χ1n) is 6.62. The van der Waals surface area contributed by atoms with E-state index >= 15 is 0 Å². The van der Waals surface area contributed by atoms with Crippen LogP contribution in [0.15, 0.2) is 47.4 Å². The van der Waals surface area contributed by atoms with Gasteiger partial charge in [-0.1, -0.05) is 18.2 Å². The van der Waals surface area contributed by atoms with Crippen LogP contribution >= 0.6 is 0 Å². The number of aldehydes is 1. The highest BCUT2D eigenvalue weighted by Gasteiger charge is 2.12. The second-order valence-electron chi connectivity index (χ2n) is 4.87. The Hall–Kier alpha value is -2.28. The standard InChI is InChI=1S/C16H14F2O4S/c1-23(20,21)14-4-2-3-11(7-14)12-5-6-13(9-19)15(8-12)22-10-16(17)18/h2-9,16H,10H2,1H3. The van der Waals surface area contributed by atoms with E-state index in [4.69, 9.17) is 4.74 Å². The molecule has 0 atom stereocenters. The predicted octanol–water partition coefficient (Wildman–Crippen LogP) is 3.21. The first-order chi connectivity index (χ1) is 10.8. The summed E-state index contributed by atoms with van der Waals surface area (Å²) in [5.41, 5.74) is 1.28. The average molecular weight is 340 g/mol. The molecule has 4 nitrogen and oxygen atoms in total. The van der Waals surface area contributed by atoms with Crippen molar-refractivity contribution in [2.24, 2.45) is 0 Å². The molecule has 122 valence electrons. The first-order valence-corrected chi connectivity index (χ1v) is 8.51. The highest BCUT2D eigenvalue weighted by molar-refractivity contribution is 7.90. The number of ether oxygens (including phenoxy) is 1. The molecular weight excluding hydrogens is 326 g/mol. The van der Waals surface area contributed by atoms with E-state index in [1.807, 2.05) is 0 Å². The predicted molar refractivity (Wildman–Crippen MR) is 81.9 cm³/mol. The summed E-state index contributed by atoms with van der Waals surface area (Å²) in [6, 6.07) is 10.7. The van der Waals surface area contributed by atoms with Crippen LogP contribution in [-0.4, -0.2) is 34.0 Å². The Kier molecular flexibility index (Phi) is 5.10. The van der Waals surface area contributed by atoms with Crippen LogP contribution in [0.1, 0.15) is 10.4 Å². The lowest BCUT2D eigenvalue weighted by atomic mass is 10.0. The summed E-state index contributed by atoms with van der Waals surface area (Å²) in [5, 5.41) is 0. The van der Waals surface area contributed by atoms with E-state index in [0.717, 1.165) is 6.26 Å². The molecule has 0 aromatic heterocycles. The molecule has 2 aromatic rings. The summed E-state index contributed by atoms with van der Waals surface area (Å²) in [4.78, 5) is 11.1. The lowest BCUT2D eigenvalue weighted by Gasteiger charge is -2.11. The maximum absolute atomic E-state index is 12.3. The first kappa shape index (κ1) is 17.1. The third kappa shape index (κ3) is 4.35. The van der Waals surface area contributed by atoms with Gasteiger partial charge in [-0.15, -0.1) is 0 Å². The maximum atomic E-state index is 12.3. The van der Waals surface area contributed by atoms with Crippen molar-refractivity contribution in [1.82, 2.24) is 0 Å². The number of hydrogen-bond acceptors (Lipinski definition) is 4. The van der Waals surface area contributed by atoms with Crippen LogP contribution in [0.25, 0.3) is 11.1 Å². The number of carbonyl (C=O) groups excluding carboxylic acids is 1. The van der Waals surface area contributed by atoms with Crippen molar-refractivity contribution < 1.29 is 26.7 Å². The zero-order valence-electron chi connectivity index (χ0n) is 12.2. The second-order valence-corrected chi connectivity index (χ2v) is 6.89. The van der Waals surface area contributed by atoms with Gasteiger partial charge >= 0.3 is 0 Å². The Labute approximate surface area is 132 Å². The summed E-state index contributed by atoms with van der Waals surface area (Å²) in [7, 11) is -3.36. The number of rotatable bonds is 6. The molecule has 7 heteroatoms. The van der Waals surface area contributed by atoms with Crippen molar-refractivity contribution in [2.45, 2.75) is 11.3 Å². The van der Waals surface area contributed by atoms with E-state index in [0.29, 0.717) is 17.4 Å². The van der Waals surface area contributed by atoms with Gasteiger partial charge in [-0.05, 0) is 35.4 Å². The molecule has 0 N–H and O–H groups in total. The van der Waals surface area contributed by atoms with Gasteiger partial charge in [0.2, 0.25) is 0 Å². The molecule has 0 fully saturated rings. The minimum Gasteiger partial charge on any atom is -0.487 e. The van der Waals surface area contributed by atoms with Crippen LogP contribution in [0, 0.1) is 0 Å². The Bertz CT molecular complexity index is 817. The number of benzene rings is 2. The fourth-order valence-corrected chi connectivity index (χ4v) is 2.66. The van der Waals surface area contributed by atoms with Gasteiger partial charge in [0.05, 0.1) is 10.5 Å². The molecule has 0 saturated heterocycles. The van der Waals surface area contributed by atoms with E-state index in [9.17, 15) is 22.0 Å². The van der Waals surface area contributed by atoms with Crippen LogP contribution in [0.4, 0.5) is 8.78 Å². The molecule has 0 bridgehead atoms. The van der Waals surface area contributed by atoms with Crippen molar-refractivity contribution in [3.63, 3.8) is 0 Å². The van der Waals surface area contributed by atoms with Crippen LogP contribution in [0.2, 0.25) is 0 Å². The van der Waals surface area contributed by atoms with E-state index < -0.39 is 22.9 Å². The van der Waals surface area contributed by atoms with E-state index in [2.05, 4.69) is 0 Å². The fourth-order valence-electron chi connectivity index (χ4n) is 2.00. The molecule has 0 heterocycles. The molecule has 0 saturated carbocycles. The Balaban J connectivity index is 2.44. The molecular formula is C16H14F2O4S. The number of hydrogen-bond donors (Lipinski definition) is 0. The minimum absolute atomic E-state index is 0.0301. The Morgan fingerprint density at radius 1 is 1.13 bits per heavy atom. The van der Waals surface area contributed by atoms with Gasteiger partial charge in [-0.2, -0.15) is 0 Å². The number of alkyl halides is 2. The van der Waals surface area contributed by atoms with E-state index in [1.54, 1.807) is 18.2 Å². The topological polar surface area (TPSA) is 60.4 Å². The Morgan fingerprint density at radius 3 is 2.43 bits per heavy atom. The average Bonchev–Trinajstić information content (AvgIpc) is 2.52. The SMILES string of the molecule is CS(=O)(=O)c1cccc(-c2ccc(C=O)c(OCC(F)F)c2)c1. The van der Waals surface area contributed by atoms with Crippen molar-refractivity contribution in [1.29, 1.82) is 0 Å². The summed E-state index contributed by atoms with van der Waals surface area (Å²) < 4.78 is 52.7. The molecule has 0 aliphatic rings. The van der Waals surface area contributed by atoms with Crippen molar-refractivity contribution in [3.05, 3.63) is 48.0 Å². The molecule has 0 unspecified atom stereocenters. The van der Waals surface area contributed by atoms with Crippen molar-refractivity contribution in [2.75, 3.05) is 12.9 Å². The number of sulfone groups is 1. The van der Waals surface area contributed by atoms with Crippen LogP contribution in [0.3, 0.4) is 0 Å². The number of carbonyl (C=O) groups is 1. The van der Waals surface area contributed by atoms with Gasteiger partial charge in [0.1, 0.15) is 12.4 Å². The molecule has 0 radical (unpaired) electrons. The van der Waals surface area contributed by atoms with E-state index in [-0.39, 0.29) is 16.2 Å². The zero-order chi connectivity index (χ0) is 17.0. The van der Waals surface area contributed by atoms with E-state index in [1.165, 1.54) is 24.3 Å². The largest absolute Gasteiger partial charge is 0.487 e. The molecule has 0 aliphatic heterocycles. The summed E-state index contributed by atoms with van der Waals surface area (Å²) in [6.07, 6.45) is -1.05. The summed E-state index contributed by atoms with van der Waals surface area (Å²) >= 11 is 0. The summed E-state index contributed by atoms with van der Waals surface area (Å²) in [6.45, 7) is -0.826. The van der Waals surface area contributed by atoms with Crippen LogP contribution < -0.4 is 4.74 Å². The normalized spacial score (nSPS) is 11.5. The van der Waals surface area contributed by atoms with Crippen LogP contribution in [0.5, 0.6) is 5.75 Å². The zero-order valence-corrected chi connectivity index (χ0v) is 13.0. The second kappa shape index (κ2) is 6.87. The van der Waals surface area contributed by atoms with Gasteiger partial charge in [0.15, 0.2) is 16.1 Å². The van der Waals surface area contributed by atoms with Crippen molar-refractivity contribution >= 4 is 16.1 Å². The number of halogens is 2. The lowest BCUT2D eigenvalue weighted by molar-refractivity contribution is 0.0809. The molecule has 0 amide bonds.